The lowest BCUT2D eigenvalue weighted by Gasteiger charge is -2.22. The molecule has 128 valence electrons. The summed E-state index contributed by atoms with van der Waals surface area (Å²) in [5.74, 6) is -0.130. The van der Waals surface area contributed by atoms with E-state index in [1.807, 2.05) is 47.8 Å². The predicted octanol–water partition coefficient (Wildman–Crippen LogP) is 1.97. The van der Waals surface area contributed by atoms with Crippen LogP contribution < -0.4 is 5.32 Å². The van der Waals surface area contributed by atoms with Crippen LogP contribution in [0.5, 0.6) is 0 Å². The van der Waals surface area contributed by atoms with Crippen LogP contribution in [0.3, 0.4) is 0 Å². The topological polar surface area (TPSA) is 52.7 Å². The number of benzene rings is 1. The number of nitrogens with one attached hydrogen (secondary N) is 1. The van der Waals surface area contributed by atoms with Crippen molar-refractivity contribution in [1.29, 1.82) is 0 Å². The molecule has 1 N–H and O–H groups in total. The van der Waals surface area contributed by atoms with Gasteiger partial charge in [-0.05, 0) is 24.1 Å². The summed E-state index contributed by atoms with van der Waals surface area (Å²) in [6.07, 6.45) is 0. The van der Waals surface area contributed by atoms with Gasteiger partial charge in [0.15, 0.2) is 0 Å². The first-order valence-electron chi connectivity index (χ1n) is 7.73. The molecular weight excluding hydrogens is 322 g/mol. The van der Waals surface area contributed by atoms with Gasteiger partial charge in [-0.2, -0.15) is 0 Å². The fraction of sp³-hybridized carbons (Fsp3) is 0.333. The van der Waals surface area contributed by atoms with Crippen LogP contribution in [0.2, 0.25) is 0 Å². The Hall–Kier alpha value is -2.18. The highest BCUT2D eigenvalue weighted by Crippen LogP contribution is 2.25. The Morgan fingerprint density at radius 2 is 1.75 bits per heavy atom. The van der Waals surface area contributed by atoms with Gasteiger partial charge < -0.3 is 10.2 Å². The number of nitrogens with zero attached hydrogens (tertiary/aromatic N) is 2. The van der Waals surface area contributed by atoms with Crippen molar-refractivity contribution in [2.45, 2.75) is 6.04 Å². The van der Waals surface area contributed by atoms with Gasteiger partial charge in [0, 0.05) is 19.0 Å². The Labute approximate surface area is 146 Å². The molecule has 5 nitrogen and oxygen atoms in total. The summed E-state index contributed by atoms with van der Waals surface area (Å²) in [6.45, 7) is 0.393. The molecule has 2 rings (SSSR count). The molecule has 0 aliphatic rings. The summed E-state index contributed by atoms with van der Waals surface area (Å²) < 4.78 is 0. The Kier molecular flexibility index (Phi) is 6.52. The second-order valence-electron chi connectivity index (χ2n) is 5.89. The summed E-state index contributed by atoms with van der Waals surface area (Å²) in [4.78, 5) is 28.5. The Bertz CT molecular complexity index is 656. The van der Waals surface area contributed by atoms with Crippen molar-refractivity contribution >= 4 is 23.2 Å². The molecule has 0 radical (unpaired) electrons. The van der Waals surface area contributed by atoms with E-state index < -0.39 is 0 Å². The van der Waals surface area contributed by atoms with Gasteiger partial charge >= 0.3 is 0 Å². The number of amides is 2. The SMILES string of the molecule is CN(CC(=O)N[C@@H](c1ccccc1)c1cccs1)CC(=O)N(C)C. The van der Waals surface area contributed by atoms with Crippen LogP contribution in [0.15, 0.2) is 47.8 Å². The van der Waals surface area contributed by atoms with Crippen LogP contribution in [0.4, 0.5) is 0 Å². The van der Waals surface area contributed by atoms with Crippen molar-refractivity contribution in [3.8, 4) is 0 Å². The molecular formula is C18H23N3O2S. The van der Waals surface area contributed by atoms with E-state index in [0.717, 1.165) is 10.4 Å². The van der Waals surface area contributed by atoms with Crippen molar-refractivity contribution in [3.05, 3.63) is 58.3 Å². The third kappa shape index (κ3) is 5.18. The summed E-state index contributed by atoms with van der Waals surface area (Å²) in [5.41, 5.74) is 1.04. The summed E-state index contributed by atoms with van der Waals surface area (Å²) >= 11 is 1.61. The van der Waals surface area contributed by atoms with Crippen LogP contribution in [0.1, 0.15) is 16.5 Å². The van der Waals surface area contributed by atoms with E-state index in [2.05, 4.69) is 5.32 Å². The predicted molar refractivity (Wildman–Crippen MR) is 96.9 cm³/mol. The van der Waals surface area contributed by atoms with Gasteiger partial charge in [-0.15, -0.1) is 11.3 Å². The third-order valence-electron chi connectivity index (χ3n) is 3.58. The van der Waals surface area contributed by atoms with E-state index in [9.17, 15) is 9.59 Å². The van der Waals surface area contributed by atoms with Crippen LogP contribution in [-0.4, -0.2) is 55.8 Å². The van der Waals surface area contributed by atoms with E-state index in [-0.39, 0.29) is 30.9 Å². The maximum Gasteiger partial charge on any atom is 0.236 e. The molecule has 0 unspecified atom stereocenters. The quantitative estimate of drug-likeness (QED) is 0.835. The average Bonchev–Trinajstić information content (AvgIpc) is 3.07. The van der Waals surface area contributed by atoms with Gasteiger partial charge in [0.05, 0.1) is 19.1 Å². The molecule has 0 aliphatic heterocycles. The maximum absolute atomic E-state index is 12.4. The monoisotopic (exact) mass is 345 g/mol. The second-order valence-corrected chi connectivity index (χ2v) is 6.87. The molecule has 0 aliphatic carbocycles. The number of hydrogen-bond acceptors (Lipinski definition) is 4. The van der Waals surface area contributed by atoms with Crippen LogP contribution in [-0.2, 0) is 9.59 Å². The van der Waals surface area contributed by atoms with Crippen LogP contribution in [0.25, 0.3) is 0 Å². The first kappa shape index (κ1) is 18.2. The highest BCUT2D eigenvalue weighted by atomic mass is 32.1. The maximum atomic E-state index is 12.4. The smallest absolute Gasteiger partial charge is 0.236 e. The molecule has 1 atom stereocenters. The number of carbonyl (C=O) groups excluding carboxylic acids is 2. The van der Waals surface area contributed by atoms with Gasteiger partial charge in [-0.1, -0.05) is 36.4 Å². The van der Waals surface area contributed by atoms with Gasteiger partial charge in [0.25, 0.3) is 0 Å². The highest BCUT2D eigenvalue weighted by Gasteiger charge is 2.19. The Balaban J connectivity index is 2.02. The number of hydrogen-bond donors (Lipinski definition) is 1. The number of thiophene rings is 1. The van der Waals surface area contributed by atoms with E-state index in [1.165, 1.54) is 4.90 Å². The van der Waals surface area contributed by atoms with Gasteiger partial charge in [-0.25, -0.2) is 0 Å². The lowest BCUT2D eigenvalue weighted by Crippen LogP contribution is -2.41. The van der Waals surface area contributed by atoms with Gasteiger partial charge in [-0.3, -0.25) is 14.5 Å². The first-order valence-corrected chi connectivity index (χ1v) is 8.61. The minimum atomic E-state index is -0.170. The highest BCUT2D eigenvalue weighted by molar-refractivity contribution is 7.10. The van der Waals surface area contributed by atoms with Gasteiger partial charge in [0.2, 0.25) is 11.8 Å². The van der Waals surface area contributed by atoms with E-state index in [1.54, 1.807) is 37.4 Å². The minimum Gasteiger partial charge on any atom is -0.348 e. The summed E-state index contributed by atoms with van der Waals surface area (Å²) in [7, 11) is 5.18. The molecule has 1 aromatic carbocycles. The standard InChI is InChI=1S/C18H23N3O2S/c1-20(2)17(23)13-21(3)12-16(22)19-18(15-10-7-11-24-15)14-8-5-4-6-9-14/h4-11,18H,12-13H2,1-3H3,(H,19,22)/t18-/m0/s1. The molecule has 1 aromatic heterocycles. The molecule has 6 heteroatoms. The second kappa shape index (κ2) is 8.61. The summed E-state index contributed by atoms with van der Waals surface area (Å²) in [5, 5.41) is 5.07. The fourth-order valence-electron chi connectivity index (χ4n) is 2.30. The van der Waals surface area contributed by atoms with E-state index >= 15 is 0 Å². The zero-order chi connectivity index (χ0) is 17.5. The van der Waals surface area contributed by atoms with Crippen molar-refractivity contribution in [2.75, 3.05) is 34.2 Å². The minimum absolute atomic E-state index is 0.0248. The lowest BCUT2D eigenvalue weighted by molar-refractivity contribution is -0.130. The molecule has 0 bridgehead atoms. The van der Waals surface area contributed by atoms with Crippen molar-refractivity contribution < 1.29 is 9.59 Å². The van der Waals surface area contributed by atoms with E-state index in [0.29, 0.717) is 0 Å². The normalized spacial score (nSPS) is 12.0. The molecule has 2 amide bonds. The number of rotatable bonds is 7. The van der Waals surface area contributed by atoms with Gasteiger partial charge in [0.1, 0.15) is 0 Å². The third-order valence-corrected chi connectivity index (χ3v) is 4.52. The zero-order valence-corrected chi connectivity index (χ0v) is 15.0. The number of likely N-dealkylation sites (N-methyl/N-ethyl adjacent to an activating group) is 2. The van der Waals surface area contributed by atoms with Crippen molar-refractivity contribution in [3.63, 3.8) is 0 Å². The van der Waals surface area contributed by atoms with Crippen LogP contribution >= 0.6 is 11.3 Å². The molecule has 1 heterocycles. The lowest BCUT2D eigenvalue weighted by atomic mass is 10.1. The van der Waals surface area contributed by atoms with Crippen LogP contribution in [0, 0.1) is 0 Å². The molecule has 0 saturated heterocycles. The largest absolute Gasteiger partial charge is 0.348 e. The number of carbonyl (C=O) groups is 2. The first-order chi connectivity index (χ1) is 11.5. The molecule has 0 saturated carbocycles. The summed E-state index contributed by atoms with van der Waals surface area (Å²) in [6, 6.07) is 13.7. The van der Waals surface area contributed by atoms with Crippen molar-refractivity contribution in [1.82, 2.24) is 15.1 Å². The molecule has 24 heavy (non-hydrogen) atoms. The van der Waals surface area contributed by atoms with Crippen molar-refractivity contribution in [2.24, 2.45) is 0 Å². The molecule has 0 fully saturated rings. The molecule has 2 aromatic rings. The zero-order valence-electron chi connectivity index (χ0n) is 14.2. The fourth-order valence-corrected chi connectivity index (χ4v) is 3.10. The Morgan fingerprint density at radius 3 is 2.33 bits per heavy atom. The van der Waals surface area contributed by atoms with E-state index in [4.69, 9.17) is 0 Å². The molecule has 0 spiro atoms. The Morgan fingerprint density at radius 1 is 1.04 bits per heavy atom. The average molecular weight is 345 g/mol.